The van der Waals surface area contributed by atoms with Gasteiger partial charge in [0.25, 0.3) is 0 Å². The zero-order valence-electron chi connectivity index (χ0n) is 9.22. The Bertz CT molecular complexity index is 468. The van der Waals surface area contributed by atoms with Crippen LogP contribution in [-0.4, -0.2) is 15.9 Å². The van der Waals surface area contributed by atoms with Crippen LogP contribution in [-0.2, 0) is 5.60 Å². The van der Waals surface area contributed by atoms with Crippen molar-refractivity contribution in [2.24, 2.45) is 0 Å². The predicted octanol–water partition coefficient (Wildman–Crippen LogP) is 3.52. The standard InChI is InChI=1S/C12H9BrF4O/c1-10(18,9-5-3-2-4-6-9)7-8-11(14,15)12(13,16)17/h2-6,18H,1H3. The average Bonchev–Trinajstić information content (AvgIpc) is 2.26. The highest BCUT2D eigenvalue weighted by Crippen LogP contribution is 2.39. The number of hydrogen-bond donors (Lipinski definition) is 1. The van der Waals surface area contributed by atoms with Gasteiger partial charge in [-0.1, -0.05) is 36.3 Å². The van der Waals surface area contributed by atoms with Crippen LogP contribution in [0.2, 0.25) is 0 Å². The summed E-state index contributed by atoms with van der Waals surface area (Å²) >= 11 is 1.56. The minimum Gasteiger partial charge on any atom is -0.374 e. The number of aliphatic hydroxyl groups is 1. The van der Waals surface area contributed by atoms with E-state index in [1.807, 2.05) is 0 Å². The Kier molecular flexibility index (Phi) is 4.08. The lowest BCUT2D eigenvalue weighted by molar-refractivity contribution is -0.104. The third-order valence-electron chi connectivity index (χ3n) is 2.15. The summed E-state index contributed by atoms with van der Waals surface area (Å²) in [5.41, 5.74) is -1.69. The molecule has 0 saturated heterocycles. The van der Waals surface area contributed by atoms with Crippen LogP contribution in [0.15, 0.2) is 30.3 Å². The van der Waals surface area contributed by atoms with Gasteiger partial charge >= 0.3 is 10.8 Å². The van der Waals surface area contributed by atoms with Crippen molar-refractivity contribution in [2.45, 2.75) is 23.3 Å². The Labute approximate surface area is 110 Å². The van der Waals surface area contributed by atoms with Crippen molar-refractivity contribution in [2.75, 3.05) is 0 Å². The summed E-state index contributed by atoms with van der Waals surface area (Å²) < 4.78 is 50.7. The Morgan fingerprint density at radius 1 is 1.06 bits per heavy atom. The van der Waals surface area contributed by atoms with Crippen LogP contribution >= 0.6 is 15.9 Å². The molecule has 1 unspecified atom stereocenters. The molecule has 0 spiro atoms. The second kappa shape index (κ2) is 4.90. The third kappa shape index (κ3) is 3.47. The second-order valence-corrected chi connectivity index (χ2v) is 4.76. The largest absolute Gasteiger partial charge is 0.380 e. The van der Waals surface area contributed by atoms with Crippen LogP contribution in [0.3, 0.4) is 0 Å². The maximum atomic E-state index is 12.9. The highest BCUT2D eigenvalue weighted by Gasteiger charge is 2.53. The first-order valence-corrected chi connectivity index (χ1v) is 5.62. The van der Waals surface area contributed by atoms with E-state index < -0.39 is 16.4 Å². The van der Waals surface area contributed by atoms with Gasteiger partial charge in [0.1, 0.15) is 5.60 Å². The minimum atomic E-state index is -4.56. The minimum absolute atomic E-state index is 0.242. The Hall–Kier alpha value is -1.06. The van der Waals surface area contributed by atoms with Crippen LogP contribution < -0.4 is 0 Å². The number of hydrogen-bond acceptors (Lipinski definition) is 1. The van der Waals surface area contributed by atoms with Gasteiger partial charge in [-0.2, -0.15) is 17.6 Å². The summed E-state index contributed by atoms with van der Waals surface area (Å²) in [4.78, 5) is -4.44. The monoisotopic (exact) mass is 324 g/mol. The molecule has 0 bridgehead atoms. The molecule has 0 heterocycles. The van der Waals surface area contributed by atoms with Gasteiger partial charge in [-0.05, 0) is 34.3 Å². The van der Waals surface area contributed by atoms with Crippen LogP contribution in [0.25, 0.3) is 0 Å². The fraction of sp³-hybridized carbons (Fsp3) is 0.333. The zero-order chi connectivity index (χ0) is 14.0. The van der Waals surface area contributed by atoms with Crippen molar-refractivity contribution < 1.29 is 22.7 Å². The smallest absolute Gasteiger partial charge is 0.374 e. The van der Waals surface area contributed by atoms with Crippen molar-refractivity contribution in [1.29, 1.82) is 0 Å². The molecule has 1 aromatic rings. The molecule has 1 atom stereocenters. The van der Waals surface area contributed by atoms with Crippen molar-refractivity contribution in [1.82, 2.24) is 0 Å². The van der Waals surface area contributed by atoms with Gasteiger partial charge in [0.05, 0.1) is 0 Å². The number of halogens is 5. The van der Waals surface area contributed by atoms with E-state index in [9.17, 15) is 22.7 Å². The van der Waals surface area contributed by atoms with E-state index in [4.69, 9.17) is 0 Å². The first kappa shape index (κ1) is 15.0. The van der Waals surface area contributed by atoms with Crippen LogP contribution in [0.5, 0.6) is 0 Å². The van der Waals surface area contributed by atoms with Crippen molar-refractivity contribution in [3.63, 3.8) is 0 Å². The molecule has 18 heavy (non-hydrogen) atoms. The summed E-state index contributed by atoms with van der Waals surface area (Å²) in [6.07, 6.45) is 0. The summed E-state index contributed by atoms with van der Waals surface area (Å²) in [7, 11) is 0. The molecule has 0 aromatic heterocycles. The van der Waals surface area contributed by atoms with E-state index in [1.165, 1.54) is 12.1 Å². The summed E-state index contributed by atoms with van der Waals surface area (Å²) in [6.45, 7) is 1.15. The molecule has 98 valence electrons. The summed E-state index contributed by atoms with van der Waals surface area (Å²) in [5, 5.41) is 9.85. The van der Waals surface area contributed by atoms with E-state index in [0.717, 1.165) is 12.8 Å². The van der Waals surface area contributed by atoms with E-state index in [2.05, 4.69) is 0 Å². The normalized spacial score (nSPS) is 15.5. The quantitative estimate of drug-likeness (QED) is 0.501. The Morgan fingerprint density at radius 2 is 1.56 bits per heavy atom. The second-order valence-electron chi connectivity index (χ2n) is 3.76. The fourth-order valence-corrected chi connectivity index (χ4v) is 1.21. The molecule has 0 radical (unpaired) electrons. The lowest BCUT2D eigenvalue weighted by Crippen LogP contribution is -2.34. The topological polar surface area (TPSA) is 20.2 Å². The SMILES string of the molecule is CC(O)(C#CC(F)(F)C(F)(F)Br)c1ccccc1. The lowest BCUT2D eigenvalue weighted by Gasteiger charge is -2.19. The van der Waals surface area contributed by atoms with Crippen LogP contribution in [0, 0.1) is 11.8 Å². The van der Waals surface area contributed by atoms with Gasteiger partial charge < -0.3 is 5.11 Å². The highest BCUT2D eigenvalue weighted by molar-refractivity contribution is 9.10. The van der Waals surface area contributed by atoms with E-state index in [1.54, 1.807) is 40.0 Å². The molecule has 0 amide bonds. The molecule has 1 rings (SSSR count). The lowest BCUT2D eigenvalue weighted by atomic mass is 9.96. The molecule has 0 saturated carbocycles. The molecule has 0 aliphatic heterocycles. The van der Waals surface area contributed by atoms with Crippen molar-refractivity contribution >= 4 is 15.9 Å². The van der Waals surface area contributed by atoms with Gasteiger partial charge in [-0.3, -0.25) is 0 Å². The van der Waals surface area contributed by atoms with Crippen LogP contribution in [0.4, 0.5) is 17.6 Å². The van der Waals surface area contributed by atoms with E-state index in [-0.39, 0.29) is 5.56 Å². The molecule has 0 aliphatic rings. The van der Waals surface area contributed by atoms with Crippen molar-refractivity contribution in [3.05, 3.63) is 35.9 Å². The van der Waals surface area contributed by atoms with Gasteiger partial charge in [-0.25, -0.2) is 0 Å². The third-order valence-corrected chi connectivity index (χ3v) is 2.65. The van der Waals surface area contributed by atoms with E-state index >= 15 is 0 Å². The molecule has 0 aliphatic carbocycles. The maximum Gasteiger partial charge on any atom is 0.380 e. The Balaban J connectivity index is 3.06. The van der Waals surface area contributed by atoms with Gasteiger partial charge in [0, 0.05) is 0 Å². The molecule has 1 N–H and O–H groups in total. The van der Waals surface area contributed by atoms with E-state index in [0.29, 0.717) is 0 Å². The molecular weight excluding hydrogens is 316 g/mol. The van der Waals surface area contributed by atoms with Gasteiger partial charge in [-0.15, -0.1) is 0 Å². The first-order chi connectivity index (χ1) is 8.06. The first-order valence-electron chi connectivity index (χ1n) is 4.83. The fourth-order valence-electron chi connectivity index (χ4n) is 1.11. The summed E-state index contributed by atoms with van der Waals surface area (Å²) in [5.74, 6) is -1.69. The predicted molar refractivity (Wildman–Crippen MR) is 62.6 cm³/mol. The Morgan fingerprint density at radius 3 is 2.00 bits per heavy atom. The average molecular weight is 325 g/mol. The highest BCUT2D eigenvalue weighted by atomic mass is 79.9. The zero-order valence-corrected chi connectivity index (χ0v) is 10.8. The summed E-state index contributed by atoms with van der Waals surface area (Å²) in [6, 6.07) is 7.72. The number of benzene rings is 1. The number of alkyl halides is 5. The van der Waals surface area contributed by atoms with Crippen LogP contribution in [0.1, 0.15) is 12.5 Å². The maximum absolute atomic E-state index is 12.9. The molecule has 1 aromatic carbocycles. The van der Waals surface area contributed by atoms with Gasteiger partial charge in [0.2, 0.25) is 0 Å². The molecule has 1 nitrogen and oxygen atoms in total. The molecule has 6 heteroatoms. The molecular formula is C12H9BrF4O. The number of rotatable bonds is 2. The molecule has 0 fully saturated rings. The van der Waals surface area contributed by atoms with Gasteiger partial charge in [0.15, 0.2) is 0 Å². The van der Waals surface area contributed by atoms with Crippen molar-refractivity contribution in [3.8, 4) is 11.8 Å².